The maximum Gasteiger partial charge on any atom is 0.172 e. The summed E-state index contributed by atoms with van der Waals surface area (Å²) in [5.74, 6) is 0.977. The number of carbonyl (C=O) groups excluding carboxylic acids is 1. The number of ether oxygens (including phenoxy) is 2. The molecule has 104 valence electrons. The minimum Gasteiger partial charge on any atom is -0.493 e. The van der Waals surface area contributed by atoms with Crippen molar-refractivity contribution in [3.8, 4) is 11.5 Å². The largest absolute Gasteiger partial charge is 0.493 e. The second-order valence-electron chi connectivity index (χ2n) is 4.85. The van der Waals surface area contributed by atoms with E-state index < -0.39 is 5.60 Å². The second kappa shape index (κ2) is 5.74. The van der Waals surface area contributed by atoms with Crippen molar-refractivity contribution in [2.24, 2.45) is 0 Å². The Morgan fingerprint density at radius 3 is 2.60 bits per heavy atom. The minimum absolute atomic E-state index is 0.443. The van der Waals surface area contributed by atoms with Crippen molar-refractivity contribution in [3.05, 3.63) is 53.9 Å². The molecule has 0 N–H and O–H groups in total. The van der Waals surface area contributed by atoms with Gasteiger partial charge in [0, 0.05) is 18.0 Å². The predicted octanol–water partition coefficient (Wildman–Crippen LogP) is 3.22. The number of aldehydes is 1. The first kappa shape index (κ1) is 14.1. The van der Waals surface area contributed by atoms with E-state index in [4.69, 9.17) is 9.47 Å². The lowest BCUT2D eigenvalue weighted by molar-refractivity contribution is 0.0985. The second-order valence-corrected chi connectivity index (χ2v) is 4.85. The lowest BCUT2D eigenvalue weighted by atomic mass is 10.00. The van der Waals surface area contributed by atoms with Crippen molar-refractivity contribution >= 4 is 6.29 Å². The first-order valence-electron chi connectivity index (χ1n) is 6.30. The number of pyridine rings is 1. The van der Waals surface area contributed by atoms with Gasteiger partial charge in [-0.2, -0.15) is 0 Å². The van der Waals surface area contributed by atoms with Gasteiger partial charge in [0.05, 0.1) is 12.7 Å². The summed E-state index contributed by atoms with van der Waals surface area (Å²) < 4.78 is 11.3. The molecule has 0 bridgehead atoms. The van der Waals surface area contributed by atoms with Crippen LogP contribution in [0.25, 0.3) is 0 Å². The van der Waals surface area contributed by atoms with E-state index in [1.807, 2.05) is 26.0 Å². The third-order valence-corrected chi connectivity index (χ3v) is 3.07. The molecule has 0 aliphatic heterocycles. The van der Waals surface area contributed by atoms with Gasteiger partial charge in [-0.25, -0.2) is 0 Å². The summed E-state index contributed by atoms with van der Waals surface area (Å²) in [6.07, 6.45) is 4.21. The molecule has 4 heteroatoms. The third kappa shape index (κ3) is 2.79. The van der Waals surface area contributed by atoms with Gasteiger partial charge in [-0.1, -0.05) is 12.1 Å². The molecule has 20 heavy (non-hydrogen) atoms. The van der Waals surface area contributed by atoms with Crippen molar-refractivity contribution in [2.45, 2.75) is 19.4 Å². The van der Waals surface area contributed by atoms with Gasteiger partial charge in [0.2, 0.25) is 0 Å². The van der Waals surface area contributed by atoms with Crippen LogP contribution in [-0.2, 0) is 5.60 Å². The monoisotopic (exact) mass is 271 g/mol. The summed E-state index contributed by atoms with van der Waals surface area (Å²) in [5.41, 5.74) is 0.754. The molecular weight excluding hydrogens is 254 g/mol. The van der Waals surface area contributed by atoms with E-state index in [1.54, 1.807) is 37.7 Å². The van der Waals surface area contributed by atoms with Crippen LogP contribution in [0.4, 0.5) is 0 Å². The Hall–Kier alpha value is -2.36. The van der Waals surface area contributed by atoms with Gasteiger partial charge in [-0.05, 0) is 32.0 Å². The fraction of sp³-hybridized carbons (Fsp3) is 0.250. The summed E-state index contributed by atoms with van der Waals surface area (Å²) in [7, 11) is 1.55. The van der Waals surface area contributed by atoms with Crippen LogP contribution >= 0.6 is 0 Å². The smallest absolute Gasteiger partial charge is 0.172 e. The number of rotatable bonds is 5. The lowest BCUT2D eigenvalue weighted by Gasteiger charge is -2.28. The summed E-state index contributed by atoms with van der Waals surface area (Å²) in [4.78, 5) is 15.3. The van der Waals surface area contributed by atoms with Crippen LogP contribution in [0.3, 0.4) is 0 Å². The average Bonchev–Trinajstić information content (AvgIpc) is 2.48. The zero-order valence-corrected chi connectivity index (χ0v) is 11.8. The molecule has 1 aromatic heterocycles. The van der Waals surface area contributed by atoms with E-state index in [0.717, 1.165) is 11.8 Å². The van der Waals surface area contributed by atoms with Crippen LogP contribution < -0.4 is 9.47 Å². The van der Waals surface area contributed by atoms with Crippen molar-refractivity contribution in [1.82, 2.24) is 4.98 Å². The number of aromatic nitrogens is 1. The zero-order chi connectivity index (χ0) is 14.6. The lowest BCUT2D eigenvalue weighted by Crippen LogP contribution is -2.26. The van der Waals surface area contributed by atoms with Crippen molar-refractivity contribution in [2.75, 3.05) is 7.11 Å². The molecular formula is C16H17NO3. The molecule has 0 saturated heterocycles. The standard InChI is InChI=1S/C16H17NO3/c1-16(2,13-7-5-9-17-10-13)20-15-12(11-18)6-4-8-14(15)19-3/h4-11H,1-3H3. The molecule has 0 fully saturated rings. The summed E-state index contributed by atoms with van der Waals surface area (Å²) >= 11 is 0. The Kier molecular flexibility index (Phi) is 4.03. The topological polar surface area (TPSA) is 48.4 Å². The van der Waals surface area contributed by atoms with Crippen LogP contribution in [0.1, 0.15) is 29.8 Å². The average molecular weight is 271 g/mol. The van der Waals surface area contributed by atoms with Gasteiger partial charge < -0.3 is 9.47 Å². The fourth-order valence-corrected chi connectivity index (χ4v) is 1.93. The fourth-order valence-electron chi connectivity index (χ4n) is 1.93. The van der Waals surface area contributed by atoms with Crippen LogP contribution in [0, 0.1) is 0 Å². The highest BCUT2D eigenvalue weighted by atomic mass is 16.5. The Morgan fingerprint density at radius 1 is 1.20 bits per heavy atom. The molecule has 0 unspecified atom stereocenters. The van der Waals surface area contributed by atoms with E-state index in [0.29, 0.717) is 17.1 Å². The number of carbonyl (C=O) groups is 1. The van der Waals surface area contributed by atoms with Gasteiger partial charge in [0.15, 0.2) is 17.8 Å². The highest BCUT2D eigenvalue weighted by Gasteiger charge is 2.25. The third-order valence-electron chi connectivity index (χ3n) is 3.07. The Bertz CT molecular complexity index is 594. The van der Waals surface area contributed by atoms with E-state index in [2.05, 4.69) is 4.98 Å². The minimum atomic E-state index is -0.624. The molecule has 0 amide bonds. The van der Waals surface area contributed by atoms with Gasteiger partial charge in [-0.3, -0.25) is 9.78 Å². The van der Waals surface area contributed by atoms with E-state index in [9.17, 15) is 4.79 Å². The molecule has 0 atom stereocenters. The summed E-state index contributed by atoms with van der Waals surface area (Å²) in [6, 6.07) is 9.00. The van der Waals surface area contributed by atoms with E-state index in [-0.39, 0.29) is 0 Å². The highest BCUT2D eigenvalue weighted by Crippen LogP contribution is 2.36. The molecule has 0 spiro atoms. The highest BCUT2D eigenvalue weighted by molar-refractivity contribution is 5.81. The quantitative estimate of drug-likeness (QED) is 0.783. The molecule has 1 heterocycles. The number of para-hydroxylation sites is 1. The molecule has 4 nitrogen and oxygen atoms in total. The normalized spacial score (nSPS) is 10.9. The number of hydrogen-bond acceptors (Lipinski definition) is 4. The van der Waals surface area contributed by atoms with Crippen LogP contribution in [0.15, 0.2) is 42.7 Å². The van der Waals surface area contributed by atoms with Crippen LogP contribution in [0.5, 0.6) is 11.5 Å². The van der Waals surface area contributed by atoms with E-state index >= 15 is 0 Å². The molecule has 0 radical (unpaired) electrons. The number of nitrogens with zero attached hydrogens (tertiary/aromatic N) is 1. The van der Waals surface area contributed by atoms with Gasteiger partial charge in [-0.15, -0.1) is 0 Å². The maximum atomic E-state index is 11.2. The summed E-state index contributed by atoms with van der Waals surface area (Å²) in [5, 5.41) is 0. The number of methoxy groups -OCH3 is 1. The first-order chi connectivity index (χ1) is 9.58. The van der Waals surface area contributed by atoms with Gasteiger partial charge in [0.25, 0.3) is 0 Å². The number of hydrogen-bond donors (Lipinski definition) is 0. The number of benzene rings is 1. The maximum absolute atomic E-state index is 11.2. The Labute approximate surface area is 118 Å². The predicted molar refractivity (Wildman–Crippen MR) is 76.3 cm³/mol. The molecule has 0 saturated carbocycles. The van der Waals surface area contributed by atoms with Crippen LogP contribution in [-0.4, -0.2) is 18.4 Å². The first-order valence-corrected chi connectivity index (χ1v) is 6.30. The molecule has 2 aromatic rings. The Balaban J connectivity index is 2.41. The molecule has 2 rings (SSSR count). The summed E-state index contributed by atoms with van der Waals surface area (Å²) in [6.45, 7) is 3.84. The Morgan fingerprint density at radius 2 is 2.00 bits per heavy atom. The van der Waals surface area contributed by atoms with Crippen LogP contribution in [0.2, 0.25) is 0 Å². The van der Waals surface area contributed by atoms with E-state index in [1.165, 1.54) is 0 Å². The zero-order valence-electron chi connectivity index (χ0n) is 11.8. The van der Waals surface area contributed by atoms with Gasteiger partial charge >= 0.3 is 0 Å². The molecule has 1 aromatic carbocycles. The van der Waals surface area contributed by atoms with Crippen molar-refractivity contribution < 1.29 is 14.3 Å². The molecule has 0 aliphatic rings. The molecule has 0 aliphatic carbocycles. The SMILES string of the molecule is COc1cccc(C=O)c1OC(C)(C)c1cccnc1. The van der Waals surface area contributed by atoms with Crippen molar-refractivity contribution in [3.63, 3.8) is 0 Å². The van der Waals surface area contributed by atoms with Crippen molar-refractivity contribution in [1.29, 1.82) is 0 Å². The van der Waals surface area contributed by atoms with Gasteiger partial charge in [0.1, 0.15) is 5.60 Å².